The molecule has 2 amide bonds. The average molecular weight is 481 g/mol. The summed E-state index contributed by atoms with van der Waals surface area (Å²) in [4.78, 5) is 29.2. The van der Waals surface area contributed by atoms with Crippen LogP contribution in [0.15, 0.2) is 54.2 Å². The number of halogens is 4. The van der Waals surface area contributed by atoms with E-state index in [1.165, 1.54) is 17.0 Å². The smallest absolute Gasteiger partial charge is 0.257 e. The van der Waals surface area contributed by atoms with E-state index >= 15 is 0 Å². The molecular weight excluding hydrogens is 457 g/mol. The van der Waals surface area contributed by atoms with Crippen LogP contribution in [-0.4, -0.2) is 52.6 Å². The van der Waals surface area contributed by atoms with Crippen LogP contribution < -0.4 is 0 Å². The van der Waals surface area contributed by atoms with Gasteiger partial charge in [0, 0.05) is 37.0 Å². The van der Waals surface area contributed by atoms with Gasteiger partial charge in [-0.25, -0.2) is 13.2 Å². The molecule has 33 heavy (non-hydrogen) atoms. The van der Waals surface area contributed by atoms with E-state index in [1.54, 1.807) is 4.90 Å². The number of hydrogen-bond acceptors (Lipinski definition) is 3. The summed E-state index contributed by atoms with van der Waals surface area (Å²) in [5.41, 5.74) is -0.777. The molecule has 9 heteroatoms. The Morgan fingerprint density at radius 1 is 1.24 bits per heavy atom. The fraction of sp³-hybridized carbons (Fsp3) is 0.417. The molecular formula is C24H24ClF3N2O3. The molecule has 0 unspecified atom stereocenters. The van der Waals surface area contributed by atoms with Crippen molar-refractivity contribution in [3.63, 3.8) is 0 Å². The lowest BCUT2D eigenvalue weighted by molar-refractivity contribution is -0.142. The Morgan fingerprint density at radius 3 is 2.58 bits per heavy atom. The number of nitrogens with zero attached hydrogens (tertiary/aromatic N) is 2. The second kappa shape index (κ2) is 8.99. The molecule has 176 valence electrons. The third-order valence-electron chi connectivity index (χ3n) is 6.43. The highest BCUT2D eigenvalue weighted by Crippen LogP contribution is 2.44. The van der Waals surface area contributed by atoms with E-state index in [1.807, 2.05) is 0 Å². The van der Waals surface area contributed by atoms with Crippen LogP contribution in [0.25, 0.3) is 0 Å². The molecule has 3 aliphatic rings. The first-order valence-corrected chi connectivity index (χ1v) is 11.1. The van der Waals surface area contributed by atoms with Gasteiger partial charge < -0.3 is 14.5 Å². The van der Waals surface area contributed by atoms with Crippen molar-refractivity contribution >= 4 is 23.4 Å². The summed E-state index contributed by atoms with van der Waals surface area (Å²) in [6, 6.07) is 3.45. The second-order valence-corrected chi connectivity index (χ2v) is 9.06. The van der Waals surface area contributed by atoms with Crippen molar-refractivity contribution in [2.75, 3.05) is 13.1 Å². The van der Waals surface area contributed by atoms with Gasteiger partial charge in [0.2, 0.25) is 0 Å². The van der Waals surface area contributed by atoms with E-state index in [2.05, 4.69) is 6.58 Å². The normalized spacial score (nSPS) is 25.1. The van der Waals surface area contributed by atoms with Crippen LogP contribution in [0.5, 0.6) is 0 Å². The van der Waals surface area contributed by atoms with Crippen LogP contribution in [0.2, 0.25) is 5.02 Å². The first kappa shape index (κ1) is 23.6. The number of carbonyl (C=O) groups is 2. The molecule has 3 saturated heterocycles. The fourth-order valence-electron chi connectivity index (χ4n) is 4.82. The minimum Gasteiger partial charge on any atom is -0.342 e. The largest absolute Gasteiger partial charge is 0.342 e. The molecule has 4 rings (SSSR count). The molecule has 3 fully saturated rings. The number of fused-ring (bicyclic) bond motifs is 1. The number of likely N-dealkylation sites (tertiary alicyclic amines) is 1. The van der Waals surface area contributed by atoms with Crippen molar-refractivity contribution in [3.8, 4) is 0 Å². The van der Waals surface area contributed by atoms with Gasteiger partial charge >= 0.3 is 0 Å². The van der Waals surface area contributed by atoms with Crippen molar-refractivity contribution in [2.45, 2.75) is 50.5 Å². The molecule has 0 N–H and O–H groups in total. The summed E-state index contributed by atoms with van der Waals surface area (Å²) < 4.78 is 47.2. The Balaban J connectivity index is 1.45. The molecule has 0 saturated carbocycles. The summed E-state index contributed by atoms with van der Waals surface area (Å²) >= 11 is 5.76. The number of rotatable bonds is 4. The summed E-state index contributed by atoms with van der Waals surface area (Å²) in [5, 5.41) is 0.203. The zero-order valence-corrected chi connectivity index (χ0v) is 18.9. The molecule has 1 spiro atoms. The fourth-order valence-corrected chi connectivity index (χ4v) is 4.98. The lowest BCUT2D eigenvalue weighted by Gasteiger charge is -2.37. The topological polar surface area (TPSA) is 49.9 Å². The van der Waals surface area contributed by atoms with Gasteiger partial charge in [-0.05, 0) is 49.6 Å². The van der Waals surface area contributed by atoms with Gasteiger partial charge in [0.1, 0.15) is 17.9 Å². The van der Waals surface area contributed by atoms with Crippen LogP contribution in [0, 0.1) is 5.82 Å². The Hall–Kier alpha value is -2.58. The zero-order valence-electron chi connectivity index (χ0n) is 18.1. The Labute approximate surface area is 195 Å². The minimum atomic E-state index is -1.07. The number of carbonyl (C=O) groups excluding carboxylic acids is 2. The minimum absolute atomic E-state index is 0.0719. The number of ether oxygens (including phenoxy) is 1. The highest BCUT2D eigenvalue weighted by atomic mass is 35.5. The predicted octanol–water partition coefficient (Wildman–Crippen LogP) is 5.08. The molecule has 3 heterocycles. The quantitative estimate of drug-likeness (QED) is 0.564. The monoisotopic (exact) mass is 480 g/mol. The SMILES string of the molecule is C=C(/C=C(F)\C=C(/C)F)[C@@H]1CC[C@H]2OC3(CCN(C(=O)c4ccc(Cl)cc4F)CC3)C(=O)N21. The average Bonchev–Trinajstić information content (AvgIpc) is 3.26. The molecule has 1 aromatic rings. The number of allylic oxidation sites excluding steroid dienone is 3. The van der Waals surface area contributed by atoms with E-state index in [9.17, 15) is 22.8 Å². The number of benzene rings is 1. The Bertz CT molecular complexity index is 1060. The van der Waals surface area contributed by atoms with Crippen molar-refractivity contribution in [1.82, 2.24) is 9.80 Å². The summed E-state index contributed by atoms with van der Waals surface area (Å²) in [7, 11) is 0. The molecule has 5 nitrogen and oxygen atoms in total. The summed E-state index contributed by atoms with van der Waals surface area (Å²) in [5.74, 6) is -2.81. The van der Waals surface area contributed by atoms with Crippen molar-refractivity contribution in [1.29, 1.82) is 0 Å². The maximum Gasteiger partial charge on any atom is 0.257 e. The molecule has 0 bridgehead atoms. The highest BCUT2D eigenvalue weighted by Gasteiger charge is 2.58. The number of hydrogen-bond donors (Lipinski definition) is 0. The van der Waals surface area contributed by atoms with Gasteiger partial charge in [-0.2, -0.15) is 0 Å². The van der Waals surface area contributed by atoms with E-state index in [0.29, 0.717) is 18.4 Å². The lowest BCUT2D eigenvalue weighted by Crippen LogP contribution is -2.52. The van der Waals surface area contributed by atoms with Crippen LogP contribution in [0.3, 0.4) is 0 Å². The van der Waals surface area contributed by atoms with Gasteiger partial charge in [-0.3, -0.25) is 9.59 Å². The third kappa shape index (κ3) is 4.46. The van der Waals surface area contributed by atoms with E-state index in [0.717, 1.165) is 25.1 Å². The van der Waals surface area contributed by atoms with E-state index in [4.69, 9.17) is 16.3 Å². The van der Waals surface area contributed by atoms with Crippen LogP contribution in [0.4, 0.5) is 13.2 Å². The Morgan fingerprint density at radius 2 is 1.94 bits per heavy atom. The van der Waals surface area contributed by atoms with Crippen molar-refractivity contribution < 1.29 is 27.5 Å². The number of piperidine rings is 1. The van der Waals surface area contributed by atoms with Gasteiger partial charge in [0.25, 0.3) is 11.8 Å². The molecule has 0 aliphatic carbocycles. The standard InChI is InChI=1S/C24H24ClF3N2O3/c1-14(11-17(27)12-15(2)26)20-5-6-21-30(20)23(32)24(33-21)7-9-29(10-8-24)22(31)18-4-3-16(25)13-19(18)28/h3-4,11-13,20-21H,1,5-10H2,2H3/b15-12+,17-11+/t20-,21+/m0/s1. The van der Waals surface area contributed by atoms with E-state index in [-0.39, 0.29) is 42.4 Å². The van der Waals surface area contributed by atoms with Crippen molar-refractivity contribution in [2.24, 2.45) is 0 Å². The lowest BCUT2D eigenvalue weighted by atomic mass is 9.89. The molecule has 2 atom stereocenters. The first-order chi connectivity index (χ1) is 15.6. The van der Waals surface area contributed by atoms with Crippen molar-refractivity contribution in [3.05, 3.63) is 70.6 Å². The van der Waals surface area contributed by atoms with Crippen LogP contribution >= 0.6 is 11.6 Å². The maximum absolute atomic E-state index is 14.2. The first-order valence-electron chi connectivity index (χ1n) is 10.8. The van der Waals surface area contributed by atoms with Crippen LogP contribution in [-0.2, 0) is 9.53 Å². The highest BCUT2D eigenvalue weighted by molar-refractivity contribution is 6.30. The summed E-state index contributed by atoms with van der Waals surface area (Å²) in [6.45, 7) is 5.48. The molecule has 0 radical (unpaired) electrons. The molecule has 1 aromatic carbocycles. The molecule has 3 aliphatic heterocycles. The summed E-state index contributed by atoms with van der Waals surface area (Å²) in [6.07, 6.45) is 3.12. The van der Waals surface area contributed by atoms with E-state index < -0.39 is 41.2 Å². The maximum atomic E-state index is 14.2. The number of amides is 2. The zero-order chi connectivity index (χ0) is 23.9. The van der Waals surface area contributed by atoms with Gasteiger partial charge in [0.15, 0.2) is 5.60 Å². The molecule has 0 aromatic heterocycles. The van der Waals surface area contributed by atoms with Crippen LogP contribution in [0.1, 0.15) is 43.0 Å². The Kier molecular flexibility index (Phi) is 6.42. The van der Waals surface area contributed by atoms with Gasteiger partial charge in [-0.15, -0.1) is 0 Å². The van der Waals surface area contributed by atoms with Gasteiger partial charge in [0.05, 0.1) is 17.4 Å². The predicted molar refractivity (Wildman–Crippen MR) is 117 cm³/mol. The second-order valence-electron chi connectivity index (χ2n) is 8.62. The third-order valence-corrected chi connectivity index (χ3v) is 6.66. The van der Waals surface area contributed by atoms with Gasteiger partial charge in [-0.1, -0.05) is 18.2 Å².